The Morgan fingerprint density at radius 3 is 2.76 bits per heavy atom. The van der Waals surface area contributed by atoms with Crippen molar-refractivity contribution in [1.82, 2.24) is 10.2 Å². The number of carbonyl (C=O) groups excluding carboxylic acids is 2. The van der Waals surface area contributed by atoms with Crippen LogP contribution < -0.4 is 15.4 Å². The Morgan fingerprint density at radius 1 is 1.24 bits per heavy atom. The summed E-state index contributed by atoms with van der Waals surface area (Å²) in [6.45, 7) is 1.75. The maximum absolute atomic E-state index is 12.9. The van der Waals surface area contributed by atoms with Gasteiger partial charge in [-0.3, -0.25) is 9.59 Å². The average molecular weight is 436 g/mol. The molecule has 1 aliphatic rings. The third kappa shape index (κ3) is 6.13. The number of nitrogens with zero attached hydrogens (tertiary/aromatic N) is 1. The van der Waals surface area contributed by atoms with Gasteiger partial charge in [-0.25, -0.2) is 0 Å². The molecule has 0 radical (unpaired) electrons. The number of hydrogen-bond acceptors (Lipinski definition) is 5. The van der Waals surface area contributed by atoms with Gasteiger partial charge in [0.1, 0.15) is 5.75 Å². The molecule has 156 valence electrons. The number of amides is 2. The number of methoxy groups -OCH3 is 1. The monoisotopic (exact) mass is 435 g/mol. The number of hydrogen-bond donors (Lipinski definition) is 2. The Balaban J connectivity index is 0.00000300. The van der Waals surface area contributed by atoms with Gasteiger partial charge >= 0.3 is 0 Å². The van der Waals surface area contributed by atoms with E-state index in [4.69, 9.17) is 4.74 Å². The molecule has 0 spiro atoms. The van der Waals surface area contributed by atoms with Gasteiger partial charge in [0.05, 0.1) is 18.4 Å². The zero-order valence-corrected chi connectivity index (χ0v) is 18.1. The molecule has 1 fully saturated rings. The average Bonchev–Trinajstić information content (AvgIpc) is 3.26. The number of halogens is 1. The Bertz CT molecular complexity index is 843. The van der Waals surface area contributed by atoms with Gasteiger partial charge in [0.2, 0.25) is 5.91 Å². The molecule has 0 aromatic heterocycles. The van der Waals surface area contributed by atoms with Crippen molar-refractivity contribution in [3.8, 4) is 5.75 Å². The van der Waals surface area contributed by atoms with Gasteiger partial charge in [-0.05, 0) is 37.2 Å². The third-order valence-electron chi connectivity index (χ3n) is 4.73. The molecule has 2 aromatic carbocycles. The number of anilines is 1. The van der Waals surface area contributed by atoms with Gasteiger partial charge in [-0.15, -0.1) is 24.2 Å². The van der Waals surface area contributed by atoms with Crippen molar-refractivity contribution in [3.63, 3.8) is 0 Å². The summed E-state index contributed by atoms with van der Waals surface area (Å²) in [6, 6.07) is 14.9. The SMILES string of the molecule is COc1cccc(NC(=O)CSc2ccccc2C(=O)N(C)C2CCNC2)c1.Cl. The van der Waals surface area contributed by atoms with Crippen molar-refractivity contribution in [2.75, 3.05) is 38.3 Å². The van der Waals surface area contributed by atoms with Crippen LogP contribution in [-0.2, 0) is 4.79 Å². The highest BCUT2D eigenvalue weighted by Gasteiger charge is 2.25. The van der Waals surface area contributed by atoms with E-state index in [9.17, 15) is 9.59 Å². The van der Waals surface area contributed by atoms with Crippen molar-refractivity contribution < 1.29 is 14.3 Å². The van der Waals surface area contributed by atoms with E-state index in [1.165, 1.54) is 11.8 Å². The van der Waals surface area contributed by atoms with Crippen LogP contribution in [0.5, 0.6) is 5.75 Å². The number of rotatable bonds is 7. The van der Waals surface area contributed by atoms with Crippen LogP contribution in [0.3, 0.4) is 0 Å². The van der Waals surface area contributed by atoms with Crippen LogP contribution in [0.25, 0.3) is 0 Å². The number of likely N-dealkylation sites (N-methyl/N-ethyl adjacent to an activating group) is 1. The van der Waals surface area contributed by atoms with Crippen molar-refractivity contribution in [2.45, 2.75) is 17.4 Å². The molecule has 0 saturated carbocycles. The fourth-order valence-electron chi connectivity index (χ4n) is 3.14. The fourth-order valence-corrected chi connectivity index (χ4v) is 3.98. The first kappa shape index (κ1) is 23.1. The molecule has 29 heavy (non-hydrogen) atoms. The quantitative estimate of drug-likeness (QED) is 0.653. The van der Waals surface area contributed by atoms with E-state index in [-0.39, 0.29) is 36.0 Å². The predicted octanol–water partition coefficient (Wildman–Crippen LogP) is 3.28. The molecule has 2 aromatic rings. The van der Waals surface area contributed by atoms with E-state index in [0.29, 0.717) is 17.0 Å². The van der Waals surface area contributed by atoms with Crippen LogP contribution in [0.2, 0.25) is 0 Å². The minimum absolute atomic E-state index is 0. The van der Waals surface area contributed by atoms with E-state index < -0.39 is 0 Å². The molecule has 0 bridgehead atoms. The lowest BCUT2D eigenvalue weighted by Gasteiger charge is -2.24. The predicted molar refractivity (Wildman–Crippen MR) is 119 cm³/mol. The maximum Gasteiger partial charge on any atom is 0.255 e. The van der Waals surface area contributed by atoms with Gasteiger partial charge < -0.3 is 20.3 Å². The Hall–Kier alpha value is -2.22. The van der Waals surface area contributed by atoms with Crippen molar-refractivity contribution in [1.29, 1.82) is 0 Å². The van der Waals surface area contributed by atoms with Crippen molar-refractivity contribution >= 4 is 41.7 Å². The minimum Gasteiger partial charge on any atom is -0.497 e. The molecule has 1 unspecified atom stereocenters. The summed E-state index contributed by atoms with van der Waals surface area (Å²) in [6.07, 6.45) is 0.959. The zero-order chi connectivity index (χ0) is 19.9. The third-order valence-corrected chi connectivity index (χ3v) is 5.81. The molecule has 1 heterocycles. The second-order valence-electron chi connectivity index (χ2n) is 6.63. The molecule has 1 saturated heterocycles. The summed E-state index contributed by atoms with van der Waals surface area (Å²) < 4.78 is 5.17. The topological polar surface area (TPSA) is 70.7 Å². The summed E-state index contributed by atoms with van der Waals surface area (Å²) in [5, 5.41) is 6.14. The first-order valence-electron chi connectivity index (χ1n) is 9.22. The van der Waals surface area contributed by atoms with Crippen LogP contribution in [0.1, 0.15) is 16.8 Å². The second kappa shape index (κ2) is 11.1. The van der Waals surface area contributed by atoms with Crippen LogP contribution in [-0.4, -0.2) is 55.8 Å². The summed E-state index contributed by atoms with van der Waals surface area (Å²) in [4.78, 5) is 27.9. The highest BCUT2D eigenvalue weighted by atomic mass is 35.5. The van der Waals surface area contributed by atoms with E-state index in [2.05, 4.69) is 10.6 Å². The smallest absolute Gasteiger partial charge is 0.255 e. The van der Waals surface area contributed by atoms with Crippen LogP contribution in [0.4, 0.5) is 5.69 Å². The number of ether oxygens (including phenoxy) is 1. The molecule has 1 atom stereocenters. The number of thioether (sulfide) groups is 1. The molecular formula is C21H26ClN3O3S. The molecule has 2 N–H and O–H groups in total. The van der Waals surface area contributed by atoms with E-state index in [1.807, 2.05) is 49.5 Å². The van der Waals surface area contributed by atoms with Gasteiger partial charge in [-0.1, -0.05) is 18.2 Å². The number of benzene rings is 2. The lowest BCUT2D eigenvalue weighted by Crippen LogP contribution is -2.38. The summed E-state index contributed by atoms with van der Waals surface area (Å²) in [5.74, 6) is 0.764. The van der Waals surface area contributed by atoms with Gasteiger partial charge in [0, 0.05) is 36.3 Å². The molecule has 3 rings (SSSR count). The van der Waals surface area contributed by atoms with Crippen molar-refractivity contribution in [2.24, 2.45) is 0 Å². The molecular weight excluding hydrogens is 410 g/mol. The molecule has 8 heteroatoms. The number of nitrogens with one attached hydrogen (secondary N) is 2. The maximum atomic E-state index is 12.9. The van der Waals surface area contributed by atoms with E-state index in [1.54, 1.807) is 18.1 Å². The zero-order valence-electron chi connectivity index (χ0n) is 16.5. The molecule has 6 nitrogen and oxygen atoms in total. The second-order valence-corrected chi connectivity index (χ2v) is 7.64. The Kier molecular flexibility index (Phi) is 8.82. The highest BCUT2D eigenvalue weighted by Crippen LogP contribution is 2.25. The largest absolute Gasteiger partial charge is 0.497 e. The first-order valence-corrected chi connectivity index (χ1v) is 10.2. The lowest BCUT2D eigenvalue weighted by atomic mass is 10.1. The number of carbonyl (C=O) groups is 2. The normalized spacial score (nSPS) is 15.3. The summed E-state index contributed by atoms with van der Waals surface area (Å²) in [7, 11) is 3.43. The van der Waals surface area contributed by atoms with Crippen LogP contribution in [0, 0.1) is 0 Å². The van der Waals surface area contributed by atoms with E-state index in [0.717, 1.165) is 24.4 Å². The highest BCUT2D eigenvalue weighted by molar-refractivity contribution is 8.00. The fraction of sp³-hybridized carbons (Fsp3) is 0.333. The van der Waals surface area contributed by atoms with Crippen LogP contribution in [0.15, 0.2) is 53.4 Å². The minimum atomic E-state index is -0.131. The van der Waals surface area contributed by atoms with Gasteiger partial charge in [0.15, 0.2) is 0 Å². The molecule has 1 aliphatic heterocycles. The van der Waals surface area contributed by atoms with Crippen molar-refractivity contribution in [3.05, 3.63) is 54.1 Å². The van der Waals surface area contributed by atoms with E-state index >= 15 is 0 Å². The first-order chi connectivity index (χ1) is 13.6. The standard InChI is InChI=1S/C21H25N3O3S.ClH/c1-24(16-10-11-22-13-16)21(26)18-8-3-4-9-19(18)28-14-20(25)23-15-6-5-7-17(12-15)27-2;/h3-9,12,16,22H,10-11,13-14H2,1-2H3,(H,23,25);1H. The van der Waals surface area contributed by atoms with Gasteiger partial charge in [-0.2, -0.15) is 0 Å². The lowest BCUT2D eigenvalue weighted by molar-refractivity contribution is -0.113. The van der Waals surface area contributed by atoms with Gasteiger partial charge in [0.25, 0.3) is 5.91 Å². The molecule has 0 aliphatic carbocycles. The Labute approximate surface area is 181 Å². The molecule has 2 amide bonds. The van der Waals surface area contributed by atoms with Crippen LogP contribution >= 0.6 is 24.2 Å². The summed E-state index contributed by atoms with van der Waals surface area (Å²) in [5.41, 5.74) is 1.32. The summed E-state index contributed by atoms with van der Waals surface area (Å²) >= 11 is 1.37. The Morgan fingerprint density at radius 2 is 2.03 bits per heavy atom.